The maximum Gasteiger partial charge on any atom is 0.411 e. The summed E-state index contributed by atoms with van der Waals surface area (Å²) >= 11 is 0. The van der Waals surface area contributed by atoms with E-state index in [1.165, 1.54) is 4.90 Å². The van der Waals surface area contributed by atoms with Crippen LogP contribution in [0.1, 0.15) is 25.3 Å². The van der Waals surface area contributed by atoms with Gasteiger partial charge in [0.1, 0.15) is 0 Å². The monoisotopic (exact) mass is 362 g/mol. The molecule has 2 rings (SSSR count). The Kier molecular flexibility index (Phi) is 6.82. The van der Waals surface area contributed by atoms with Crippen LogP contribution >= 0.6 is 0 Å². The molecule has 0 aliphatic heterocycles. The zero-order valence-corrected chi connectivity index (χ0v) is 15.4. The minimum absolute atomic E-state index is 0.0421. The first-order valence-corrected chi connectivity index (χ1v) is 8.71. The zero-order valence-electron chi connectivity index (χ0n) is 15.4. The summed E-state index contributed by atoms with van der Waals surface area (Å²) in [5.74, 6) is -0.334. The number of benzene rings is 1. The molecule has 142 valence electrons. The molecule has 1 aromatic rings. The van der Waals surface area contributed by atoms with Crippen molar-refractivity contribution in [3.8, 4) is 0 Å². The molecule has 3 amide bonds. The van der Waals surface area contributed by atoms with Gasteiger partial charge in [0.2, 0.25) is 11.8 Å². The molecule has 1 aromatic carbocycles. The number of nitrogens with one attached hydrogen (secondary N) is 3. The number of carbonyl (C=O) groups is 3. The van der Waals surface area contributed by atoms with Crippen LogP contribution in [0.5, 0.6) is 0 Å². The summed E-state index contributed by atoms with van der Waals surface area (Å²) in [6, 6.07) is 5.63. The van der Waals surface area contributed by atoms with E-state index in [0.717, 1.165) is 24.1 Å². The van der Waals surface area contributed by atoms with E-state index < -0.39 is 6.09 Å². The van der Waals surface area contributed by atoms with E-state index in [1.54, 1.807) is 26.1 Å². The Balaban J connectivity index is 1.86. The van der Waals surface area contributed by atoms with Crippen LogP contribution in [-0.2, 0) is 14.3 Å². The molecule has 0 atom stereocenters. The van der Waals surface area contributed by atoms with E-state index in [1.807, 2.05) is 13.0 Å². The minimum atomic E-state index is -0.523. The van der Waals surface area contributed by atoms with Crippen LogP contribution in [0, 0.1) is 6.92 Å². The van der Waals surface area contributed by atoms with Gasteiger partial charge in [-0.2, -0.15) is 0 Å². The Morgan fingerprint density at radius 1 is 1.23 bits per heavy atom. The fraction of sp³-hybridized carbons (Fsp3) is 0.500. The SMILES string of the molecule is CCOC(=O)Nc1cccc(NCC(=O)N(C)CC(=O)NC2CC2)c1C. The molecule has 0 radical (unpaired) electrons. The Morgan fingerprint density at radius 2 is 1.92 bits per heavy atom. The van der Waals surface area contributed by atoms with Crippen molar-refractivity contribution < 1.29 is 19.1 Å². The highest BCUT2D eigenvalue weighted by molar-refractivity contribution is 5.89. The van der Waals surface area contributed by atoms with Crippen molar-refractivity contribution in [3.05, 3.63) is 23.8 Å². The van der Waals surface area contributed by atoms with E-state index in [9.17, 15) is 14.4 Å². The van der Waals surface area contributed by atoms with Crippen LogP contribution in [0.25, 0.3) is 0 Å². The molecule has 1 aliphatic carbocycles. The van der Waals surface area contributed by atoms with Crippen molar-refractivity contribution >= 4 is 29.3 Å². The summed E-state index contributed by atoms with van der Waals surface area (Å²) in [5, 5.41) is 8.57. The highest BCUT2D eigenvalue weighted by Gasteiger charge is 2.24. The van der Waals surface area contributed by atoms with Crippen LogP contribution < -0.4 is 16.0 Å². The molecule has 26 heavy (non-hydrogen) atoms. The Labute approximate surface area is 153 Å². The lowest BCUT2D eigenvalue weighted by Gasteiger charge is -2.18. The minimum Gasteiger partial charge on any atom is -0.450 e. The Hall–Kier alpha value is -2.77. The fourth-order valence-electron chi connectivity index (χ4n) is 2.35. The van der Waals surface area contributed by atoms with Gasteiger partial charge in [0.05, 0.1) is 19.7 Å². The summed E-state index contributed by atoms with van der Waals surface area (Å²) in [7, 11) is 1.60. The maximum absolute atomic E-state index is 12.2. The van der Waals surface area contributed by atoms with Gasteiger partial charge in [-0.15, -0.1) is 0 Å². The van der Waals surface area contributed by atoms with Crippen LogP contribution in [0.3, 0.4) is 0 Å². The van der Waals surface area contributed by atoms with Crippen LogP contribution in [0.15, 0.2) is 18.2 Å². The molecular weight excluding hydrogens is 336 g/mol. The lowest BCUT2D eigenvalue weighted by atomic mass is 10.1. The van der Waals surface area contributed by atoms with Crippen molar-refractivity contribution in [1.82, 2.24) is 10.2 Å². The second-order valence-electron chi connectivity index (χ2n) is 6.27. The summed E-state index contributed by atoms with van der Waals surface area (Å²) in [6.45, 7) is 3.95. The molecule has 0 unspecified atom stereocenters. The Morgan fingerprint density at radius 3 is 2.58 bits per heavy atom. The molecule has 0 heterocycles. The fourth-order valence-corrected chi connectivity index (χ4v) is 2.35. The molecule has 0 aromatic heterocycles. The molecule has 0 bridgehead atoms. The molecular formula is C18H26N4O4. The molecule has 0 spiro atoms. The number of nitrogens with zero attached hydrogens (tertiary/aromatic N) is 1. The number of hydrogen-bond donors (Lipinski definition) is 3. The smallest absolute Gasteiger partial charge is 0.411 e. The van der Waals surface area contributed by atoms with Crippen molar-refractivity contribution in [3.63, 3.8) is 0 Å². The van der Waals surface area contributed by atoms with Crippen molar-refractivity contribution in [2.24, 2.45) is 0 Å². The second-order valence-corrected chi connectivity index (χ2v) is 6.27. The van der Waals surface area contributed by atoms with Crippen molar-refractivity contribution in [1.29, 1.82) is 0 Å². The summed E-state index contributed by atoms with van der Waals surface area (Å²) < 4.78 is 4.87. The highest BCUT2D eigenvalue weighted by atomic mass is 16.5. The molecule has 0 saturated heterocycles. The van der Waals surface area contributed by atoms with Crippen LogP contribution in [0.2, 0.25) is 0 Å². The molecule has 8 nitrogen and oxygen atoms in total. The molecule has 8 heteroatoms. The average Bonchev–Trinajstić information content (AvgIpc) is 3.39. The third-order valence-electron chi connectivity index (χ3n) is 4.03. The standard InChI is InChI=1S/C18H26N4O4/c1-4-26-18(25)21-15-7-5-6-14(12(15)2)19-10-17(24)22(3)11-16(23)20-13-8-9-13/h5-7,13,19H,4,8-11H2,1-3H3,(H,20,23)(H,21,25). The van der Waals surface area contributed by atoms with E-state index >= 15 is 0 Å². The van der Waals surface area contributed by atoms with Crippen LogP contribution in [-0.4, -0.2) is 55.6 Å². The van der Waals surface area contributed by atoms with Gasteiger partial charge in [-0.1, -0.05) is 6.07 Å². The first kappa shape index (κ1) is 19.6. The number of amides is 3. The summed E-state index contributed by atoms with van der Waals surface area (Å²) in [5.41, 5.74) is 2.13. The quantitative estimate of drug-likeness (QED) is 0.654. The first-order valence-electron chi connectivity index (χ1n) is 8.71. The zero-order chi connectivity index (χ0) is 19.1. The number of anilines is 2. The van der Waals surface area contributed by atoms with E-state index in [-0.39, 0.29) is 37.6 Å². The van der Waals surface area contributed by atoms with Crippen molar-refractivity contribution in [2.75, 3.05) is 37.4 Å². The summed E-state index contributed by atoms with van der Waals surface area (Å²) in [6.07, 6.45) is 1.51. The lowest BCUT2D eigenvalue weighted by molar-refractivity contribution is -0.133. The van der Waals surface area contributed by atoms with Crippen molar-refractivity contribution in [2.45, 2.75) is 32.7 Å². The third kappa shape index (κ3) is 5.94. The molecule has 3 N–H and O–H groups in total. The van der Waals surface area contributed by atoms with Gasteiger partial charge in [0.25, 0.3) is 0 Å². The number of hydrogen-bond acceptors (Lipinski definition) is 5. The second kappa shape index (κ2) is 9.07. The van der Waals surface area contributed by atoms with E-state index in [4.69, 9.17) is 4.74 Å². The number of likely N-dealkylation sites (N-methyl/N-ethyl adjacent to an activating group) is 1. The first-order chi connectivity index (χ1) is 12.4. The average molecular weight is 362 g/mol. The third-order valence-corrected chi connectivity index (χ3v) is 4.03. The number of ether oxygens (including phenoxy) is 1. The van der Waals surface area contributed by atoms with Gasteiger partial charge in [0, 0.05) is 24.5 Å². The van der Waals surface area contributed by atoms with E-state index in [2.05, 4.69) is 16.0 Å². The molecule has 1 saturated carbocycles. The van der Waals surface area contributed by atoms with Crippen LogP contribution in [0.4, 0.5) is 16.2 Å². The van der Waals surface area contributed by atoms with Gasteiger partial charge in [-0.25, -0.2) is 4.79 Å². The van der Waals surface area contributed by atoms with Gasteiger partial charge in [-0.05, 0) is 44.4 Å². The lowest BCUT2D eigenvalue weighted by Crippen LogP contribution is -2.41. The van der Waals surface area contributed by atoms with Gasteiger partial charge < -0.3 is 20.3 Å². The van der Waals surface area contributed by atoms with Gasteiger partial charge >= 0.3 is 6.09 Å². The number of rotatable bonds is 8. The molecule has 1 aliphatic rings. The topological polar surface area (TPSA) is 99.8 Å². The summed E-state index contributed by atoms with van der Waals surface area (Å²) in [4.78, 5) is 36.9. The van der Waals surface area contributed by atoms with Gasteiger partial charge in [0.15, 0.2) is 0 Å². The normalized spacial score (nSPS) is 12.9. The van der Waals surface area contributed by atoms with Gasteiger partial charge in [-0.3, -0.25) is 14.9 Å². The largest absolute Gasteiger partial charge is 0.450 e. The predicted octanol–water partition coefficient (Wildman–Crippen LogP) is 1.71. The van der Waals surface area contributed by atoms with E-state index in [0.29, 0.717) is 5.69 Å². The predicted molar refractivity (Wildman–Crippen MR) is 99.1 cm³/mol. The highest BCUT2D eigenvalue weighted by Crippen LogP contribution is 2.23. The maximum atomic E-state index is 12.2. The Bertz CT molecular complexity index is 673. The number of carbonyl (C=O) groups excluding carboxylic acids is 3. The molecule has 1 fully saturated rings.